The summed E-state index contributed by atoms with van der Waals surface area (Å²) in [6, 6.07) is 20.9. The fraction of sp³-hybridized carbons (Fsp3) is 0.185. The molecule has 1 aliphatic heterocycles. The highest BCUT2D eigenvalue weighted by molar-refractivity contribution is 7.89. The van der Waals surface area contributed by atoms with E-state index in [2.05, 4.69) is 17.1 Å². The standard InChI is InChI=1S/C27H24N2O4S/c30-26-22-10-4-5-11-23(22)27(31)25-19-21(12-13-24(25)26)34(32,33)29-17-15-28(16-18-29)14-6-9-20-7-2-1-3-8-20/h1-13,19H,14-18H2/b9-6+. The van der Waals surface area contributed by atoms with Crippen LogP contribution in [0.1, 0.15) is 37.4 Å². The summed E-state index contributed by atoms with van der Waals surface area (Å²) in [5, 5.41) is 0. The van der Waals surface area contributed by atoms with Gasteiger partial charge in [-0.05, 0) is 23.8 Å². The van der Waals surface area contributed by atoms with E-state index in [1.165, 1.54) is 22.5 Å². The molecule has 7 heteroatoms. The summed E-state index contributed by atoms with van der Waals surface area (Å²) >= 11 is 0. The van der Waals surface area contributed by atoms with E-state index in [4.69, 9.17) is 0 Å². The van der Waals surface area contributed by atoms with Crippen molar-refractivity contribution in [2.24, 2.45) is 0 Å². The minimum atomic E-state index is -3.78. The van der Waals surface area contributed by atoms with Gasteiger partial charge in [-0.1, -0.05) is 66.7 Å². The van der Waals surface area contributed by atoms with Gasteiger partial charge in [-0.15, -0.1) is 0 Å². The van der Waals surface area contributed by atoms with Crippen LogP contribution in [0, 0.1) is 0 Å². The van der Waals surface area contributed by atoms with Gasteiger partial charge in [-0.2, -0.15) is 4.31 Å². The predicted molar refractivity (Wildman–Crippen MR) is 130 cm³/mol. The van der Waals surface area contributed by atoms with Crippen molar-refractivity contribution in [2.45, 2.75) is 4.90 Å². The highest BCUT2D eigenvalue weighted by Gasteiger charge is 2.33. The van der Waals surface area contributed by atoms with Gasteiger partial charge in [-0.3, -0.25) is 14.5 Å². The number of nitrogens with zero attached hydrogens (tertiary/aromatic N) is 2. The van der Waals surface area contributed by atoms with Crippen LogP contribution < -0.4 is 0 Å². The number of hydrogen-bond donors (Lipinski definition) is 0. The third-order valence-corrected chi connectivity index (χ3v) is 8.23. The first-order valence-corrected chi connectivity index (χ1v) is 12.7. The SMILES string of the molecule is O=C1c2ccccc2C(=O)c2cc(S(=O)(=O)N3CCN(C/C=C/c4ccccc4)CC3)ccc21. The molecule has 0 radical (unpaired) electrons. The highest BCUT2D eigenvalue weighted by Crippen LogP contribution is 2.30. The number of piperazine rings is 1. The van der Waals surface area contributed by atoms with Crippen molar-refractivity contribution < 1.29 is 18.0 Å². The zero-order chi connectivity index (χ0) is 23.7. The van der Waals surface area contributed by atoms with E-state index in [9.17, 15) is 18.0 Å². The first-order valence-electron chi connectivity index (χ1n) is 11.2. The van der Waals surface area contributed by atoms with Crippen molar-refractivity contribution >= 4 is 27.7 Å². The summed E-state index contributed by atoms with van der Waals surface area (Å²) in [7, 11) is -3.78. The van der Waals surface area contributed by atoms with Crippen molar-refractivity contribution in [2.75, 3.05) is 32.7 Å². The summed E-state index contributed by atoms with van der Waals surface area (Å²) in [5.41, 5.74) is 2.19. The second-order valence-electron chi connectivity index (χ2n) is 8.43. The third kappa shape index (κ3) is 4.14. The zero-order valence-electron chi connectivity index (χ0n) is 18.6. The van der Waals surface area contributed by atoms with Crippen molar-refractivity contribution in [3.05, 3.63) is 107 Å². The number of carbonyl (C=O) groups is 2. The minimum absolute atomic E-state index is 0.0456. The van der Waals surface area contributed by atoms with Gasteiger partial charge < -0.3 is 0 Å². The molecule has 2 aliphatic rings. The Hall–Kier alpha value is -3.39. The number of rotatable bonds is 5. The molecule has 3 aromatic carbocycles. The topological polar surface area (TPSA) is 74.8 Å². The lowest BCUT2D eigenvalue weighted by Gasteiger charge is -2.33. The van der Waals surface area contributed by atoms with Crippen LogP contribution in [-0.4, -0.2) is 61.9 Å². The third-order valence-electron chi connectivity index (χ3n) is 6.34. The number of ketones is 2. The molecule has 0 aromatic heterocycles. The summed E-state index contributed by atoms with van der Waals surface area (Å²) in [6.07, 6.45) is 4.15. The van der Waals surface area contributed by atoms with Crippen LogP contribution in [0.25, 0.3) is 6.08 Å². The summed E-state index contributed by atoms with van der Waals surface area (Å²) < 4.78 is 28.1. The Morgan fingerprint density at radius 3 is 1.97 bits per heavy atom. The lowest BCUT2D eigenvalue weighted by molar-refractivity contribution is 0.0979. The molecule has 6 nitrogen and oxygen atoms in total. The molecular formula is C27H24N2O4S. The summed E-state index contributed by atoms with van der Waals surface area (Å²) in [6.45, 7) is 2.72. The van der Waals surface area contributed by atoms with Crippen LogP contribution in [0.2, 0.25) is 0 Å². The quantitative estimate of drug-likeness (QED) is 0.445. The number of hydrogen-bond acceptors (Lipinski definition) is 5. The summed E-state index contributed by atoms with van der Waals surface area (Å²) in [5.74, 6) is -0.580. The Bertz CT molecular complexity index is 1390. The summed E-state index contributed by atoms with van der Waals surface area (Å²) in [4.78, 5) is 28.0. The molecule has 34 heavy (non-hydrogen) atoms. The lowest BCUT2D eigenvalue weighted by atomic mass is 9.84. The Labute approximate surface area is 199 Å². The van der Waals surface area contributed by atoms with Crippen LogP contribution in [0.4, 0.5) is 0 Å². The smallest absolute Gasteiger partial charge is 0.243 e. The molecule has 0 unspecified atom stereocenters. The van der Waals surface area contributed by atoms with E-state index in [0.717, 1.165) is 12.1 Å². The largest absolute Gasteiger partial charge is 0.297 e. The van der Waals surface area contributed by atoms with Gasteiger partial charge in [0, 0.05) is 55.0 Å². The van der Waals surface area contributed by atoms with E-state index in [1.54, 1.807) is 24.3 Å². The van der Waals surface area contributed by atoms with Crippen LogP contribution >= 0.6 is 0 Å². The van der Waals surface area contributed by atoms with Gasteiger partial charge in [0.1, 0.15) is 0 Å². The maximum absolute atomic E-state index is 13.3. The highest BCUT2D eigenvalue weighted by atomic mass is 32.2. The Morgan fingerprint density at radius 1 is 0.706 bits per heavy atom. The zero-order valence-corrected chi connectivity index (χ0v) is 19.4. The Morgan fingerprint density at radius 2 is 1.29 bits per heavy atom. The maximum atomic E-state index is 13.3. The maximum Gasteiger partial charge on any atom is 0.243 e. The Balaban J connectivity index is 1.29. The van der Waals surface area contributed by atoms with Crippen molar-refractivity contribution in [3.8, 4) is 0 Å². The minimum Gasteiger partial charge on any atom is -0.297 e. The van der Waals surface area contributed by atoms with E-state index >= 15 is 0 Å². The molecule has 0 amide bonds. The Kier molecular flexibility index (Phi) is 6.00. The molecule has 0 N–H and O–H groups in total. The van der Waals surface area contributed by atoms with Gasteiger partial charge >= 0.3 is 0 Å². The van der Waals surface area contributed by atoms with E-state index in [-0.39, 0.29) is 27.6 Å². The molecule has 5 rings (SSSR count). The average Bonchev–Trinajstić information content (AvgIpc) is 2.88. The first-order chi connectivity index (χ1) is 16.4. The second-order valence-corrected chi connectivity index (χ2v) is 10.4. The average molecular weight is 473 g/mol. The van der Waals surface area contributed by atoms with Crippen LogP contribution in [0.3, 0.4) is 0 Å². The van der Waals surface area contributed by atoms with Crippen LogP contribution in [0.5, 0.6) is 0 Å². The van der Waals surface area contributed by atoms with Gasteiger partial charge in [0.25, 0.3) is 0 Å². The number of fused-ring (bicyclic) bond motifs is 2. The number of sulfonamides is 1. The van der Waals surface area contributed by atoms with Crippen LogP contribution in [0.15, 0.2) is 83.8 Å². The molecule has 0 spiro atoms. The van der Waals surface area contributed by atoms with Gasteiger partial charge in [0.05, 0.1) is 4.90 Å². The molecule has 1 fully saturated rings. The molecule has 0 saturated carbocycles. The molecular weight excluding hydrogens is 448 g/mol. The predicted octanol–water partition coefficient (Wildman–Crippen LogP) is 3.48. The first kappa shape index (κ1) is 22.4. The fourth-order valence-corrected chi connectivity index (χ4v) is 5.89. The van der Waals surface area contributed by atoms with Crippen molar-refractivity contribution in [1.29, 1.82) is 0 Å². The van der Waals surface area contributed by atoms with Gasteiger partial charge in [0.15, 0.2) is 11.6 Å². The normalized spacial score (nSPS) is 17.1. The fourth-order valence-electron chi connectivity index (χ4n) is 4.44. The van der Waals surface area contributed by atoms with E-state index in [0.29, 0.717) is 37.3 Å². The molecule has 0 atom stereocenters. The molecule has 172 valence electrons. The van der Waals surface area contributed by atoms with Crippen molar-refractivity contribution in [3.63, 3.8) is 0 Å². The number of benzene rings is 3. The molecule has 1 aliphatic carbocycles. The number of carbonyl (C=O) groups excluding carboxylic acids is 2. The second kappa shape index (κ2) is 9.10. The van der Waals surface area contributed by atoms with Crippen molar-refractivity contribution in [1.82, 2.24) is 9.21 Å². The van der Waals surface area contributed by atoms with Gasteiger partial charge in [0.2, 0.25) is 10.0 Å². The van der Waals surface area contributed by atoms with Gasteiger partial charge in [-0.25, -0.2) is 8.42 Å². The molecule has 1 heterocycles. The molecule has 3 aromatic rings. The van der Waals surface area contributed by atoms with Crippen LogP contribution in [-0.2, 0) is 10.0 Å². The molecule has 0 bridgehead atoms. The molecule has 1 saturated heterocycles. The van der Waals surface area contributed by atoms with E-state index < -0.39 is 10.0 Å². The monoisotopic (exact) mass is 472 g/mol. The lowest BCUT2D eigenvalue weighted by Crippen LogP contribution is -2.48. The van der Waals surface area contributed by atoms with E-state index in [1.807, 2.05) is 30.3 Å².